The lowest BCUT2D eigenvalue weighted by atomic mass is 9.74. The largest absolute Gasteiger partial charge is 0.383 e. The maximum atomic E-state index is 13.9. The molecule has 2 fully saturated rings. The first-order valence-corrected chi connectivity index (χ1v) is 7.43. The summed E-state index contributed by atoms with van der Waals surface area (Å²) in [6.45, 7) is 0. The molecule has 1 amide bonds. The van der Waals surface area contributed by atoms with Crippen LogP contribution in [0.3, 0.4) is 0 Å². The molecule has 0 bridgehead atoms. The third-order valence-corrected chi connectivity index (χ3v) is 4.95. The summed E-state index contributed by atoms with van der Waals surface area (Å²) < 4.78 is 27.9. The molecule has 19 heavy (non-hydrogen) atoms. The molecular formula is C12H16F2N2O2S. The molecule has 0 spiro atoms. The van der Waals surface area contributed by atoms with Gasteiger partial charge in [-0.3, -0.25) is 4.79 Å². The summed E-state index contributed by atoms with van der Waals surface area (Å²) in [4.78, 5) is 11.8. The number of nitrogens with one attached hydrogen (secondary N) is 1. The van der Waals surface area contributed by atoms with Crippen LogP contribution >= 0.6 is 11.8 Å². The lowest BCUT2D eigenvalue weighted by Gasteiger charge is -2.43. The molecule has 0 aromatic carbocycles. The van der Waals surface area contributed by atoms with Crippen molar-refractivity contribution in [3.63, 3.8) is 0 Å². The van der Waals surface area contributed by atoms with Gasteiger partial charge >= 0.3 is 5.92 Å². The summed E-state index contributed by atoms with van der Waals surface area (Å²) in [6.07, 6.45) is 1.04. The third-order valence-electron chi connectivity index (χ3n) is 3.96. The molecular weight excluding hydrogens is 274 g/mol. The molecule has 1 aliphatic heterocycles. The number of thioether (sulfide) groups is 1. The molecule has 7 heteroatoms. The van der Waals surface area contributed by atoms with Crippen LogP contribution in [0.15, 0.2) is 0 Å². The van der Waals surface area contributed by atoms with Crippen molar-refractivity contribution < 1.29 is 18.7 Å². The second-order valence-corrected chi connectivity index (χ2v) is 6.44. The maximum Gasteiger partial charge on any atom is 0.352 e. The van der Waals surface area contributed by atoms with Crippen molar-refractivity contribution in [2.45, 2.75) is 49.2 Å². The van der Waals surface area contributed by atoms with E-state index in [0.717, 1.165) is 0 Å². The highest BCUT2D eigenvalue weighted by atomic mass is 32.2. The standard InChI is InChI=1S/C12H16F2N2O2S/c13-12(14,11(18)2-1-3-11)9(17)16-10(8-15)4-6-19-7-5-10/h18H,1-7H2,(H,16,17). The molecule has 106 valence electrons. The number of carbonyl (C=O) groups excluding carboxylic acids is 1. The van der Waals surface area contributed by atoms with Gasteiger partial charge in [-0.1, -0.05) is 0 Å². The zero-order valence-corrected chi connectivity index (χ0v) is 11.2. The molecule has 2 aliphatic rings. The van der Waals surface area contributed by atoms with Gasteiger partial charge in [-0.05, 0) is 43.6 Å². The van der Waals surface area contributed by atoms with Gasteiger partial charge in [0.2, 0.25) is 0 Å². The Bertz CT molecular complexity index is 412. The average Bonchev–Trinajstić information content (AvgIpc) is 2.36. The Morgan fingerprint density at radius 1 is 1.32 bits per heavy atom. The molecule has 1 saturated carbocycles. The van der Waals surface area contributed by atoms with E-state index in [-0.39, 0.29) is 12.8 Å². The van der Waals surface area contributed by atoms with Crippen LogP contribution in [-0.2, 0) is 4.79 Å². The minimum Gasteiger partial charge on any atom is -0.383 e. The van der Waals surface area contributed by atoms with Crippen molar-refractivity contribution in [3.8, 4) is 6.07 Å². The number of aliphatic hydroxyl groups is 1. The third kappa shape index (κ3) is 2.43. The van der Waals surface area contributed by atoms with Gasteiger partial charge in [-0.15, -0.1) is 0 Å². The number of hydrogen-bond donors (Lipinski definition) is 2. The Labute approximate surface area is 114 Å². The summed E-state index contributed by atoms with van der Waals surface area (Å²) >= 11 is 1.63. The van der Waals surface area contributed by atoms with Crippen LogP contribution in [0.1, 0.15) is 32.1 Å². The Kier molecular flexibility index (Phi) is 3.76. The number of amides is 1. The van der Waals surface area contributed by atoms with E-state index in [1.54, 1.807) is 11.8 Å². The molecule has 2 N–H and O–H groups in total. The minimum atomic E-state index is -3.83. The zero-order chi connectivity index (χ0) is 14.1. The lowest BCUT2D eigenvalue weighted by Crippen LogP contribution is -2.64. The summed E-state index contributed by atoms with van der Waals surface area (Å²) in [5.74, 6) is -4.05. The Morgan fingerprint density at radius 3 is 2.32 bits per heavy atom. The van der Waals surface area contributed by atoms with Crippen molar-refractivity contribution in [1.82, 2.24) is 5.32 Å². The molecule has 1 saturated heterocycles. The highest BCUT2D eigenvalue weighted by Gasteiger charge is 2.62. The van der Waals surface area contributed by atoms with E-state index < -0.39 is 23.0 Å². The van der Waals surface area contributed by atoms with E-state index >= 15 is 0 Å². The Hall–Kier alpha value is -0.870. The van der Waals surface area contributed by atoms with Gasteiger partial charge in [-0.25, -0.2) is 0 Å². The van der Waals surface area contributed by atoms with Crippen LogP contribution in [0.2, 0.25) is 0 Å². The normalized spacial score (nSPS) is 24.9. The minimum absolute atomic E-state index is 0.0805. The summed E-state index contributed by atoms with van der Waals surface area (Å²) in [5.41, 5.74) is -3.46. The lowest BCUT2D eigenvalue weighted by molar-refractivity contribution is -0.216. The monoisotopic (exact) mass is 290 g/mol. The number of carbonyl (C=O) groups is 1. The molecule has 0 aromatic rings. The van der Waals surface area contributed by atoms with Gasteiger partial charge in [0.25, 0.3) is 5.91 Å². The van der Waals surface area contributed by atoms with E-state index in [1.807, 2.05) is 6.07 Å². The first-order chi connectivity index (χ1) is 8.85. The zero-order valence-electron chi connectivity index (χ0n) is 10.4. The van der Waals surface area contributed by atoms with Crippen LogP contribution in [0, 0.1) is 11.3 Å². The number of rotatable bonds is 3. The van der Waals surface area contributed by atoms with Crippen molar-refractivity contribution >= 4 is 17.7 Å². The highest BCUT2D eigenvalue weighted by Crippen LogP contribution is 2.44. The smallest absolute Gasteiger partial charge is 0.352 e. The topological polar surface area (TPSA) is 73.1 Å². The fourth-order valence-electron chi connectivity index (χ4n) is 2.32. The van der Waals surface area contributed by atoms with Crippen LogP contribution in [-0.4, -0.2) is 39.6 Å². The second-order valence-electron chi connectivity index (χ2n) is 5.22. The quantitative estimate of drug-likeness (QED) is 0.825. The first-order valence-electron chi connectivity index (χ1n) is 6.27. The van der Waals surface area contributed by atoms with Crippen molar-refractivity contribution in [2.75, 3.05) is 11.5 Å². The summed E-state index contributed by atoms with van der Waals surface area (Å²) in [7, 11) is 0. The first kappa shape index (κ1) is 14.5. The molecule has 0 atom stereocenters. The van der Waals surface area contributed by atoms with Crippen LogP contribution in [0.25, 0.3) is 0 Å². The molecule has 2 rings (SSSR count). The Balaban J connectivity index is 2.09. The van der Waals surface area contributed by atoms with E-state index in [1.165, 1.54) is 0 Å². The van der Waals surface area contributed by atoms with Crippen molar-refractivity contribution in [3.05, 3.63) is 0 Å². The van der Waals surface area contributed by atoms with Gasteiger partial charge in [0, 0.05) is 0 Å². The molecule has 0 aromatic heterocycles. The maximum absolute atomic E-state index is 13.9. The SMILES string of the molecule is N#CC1(NC(=O)C(F)(F)C2(O)CCC2)CCSCC1. The van der Waals surface area contributed by atoms with Gasteiger partial charge in [0.1, 0.15) is 11.1 Å². The number of hydrogen-bond acceptors (Lipinski definition) is 4. The van der Waals surface area contributed by atoms with Crippen LogP contribution in [0.4, 0.5) is 8.78 Å². The Morgan fingerprint density at radius 2 is 1.89 bits per heavy atom. The van der Waals surface area contributed by atoms with Gasteiger partial charge < -0.3 is 10.4 Å². The predicted octanol–water partition coefficient (Wildman–Crippen LogP) is 1.44. The fraction of sp³-hybridized carbons (Fsp3) is 0.833. The predicted molar refractivity (Wildman–Crippen MR) is 66.8 cm³/mol. The van der Waals surface area contributed by atoms with Gasteiger partial charge in [0.05, 0.1) is 6.07 Å². The van der Waals surface area contributed by atoms with Gasteiger partial charge in [-0.2, -0.15) is 25.8 Å². The van der Waals surface area contributed by atoms with E-state index in [0.29, 0.717) is 30.8 Å². The summed E-state index contributed by atoms with van der Waals surface area (Å²) in [6, 6.07) is 1.95. The molecule has 4 nitrogen and oxygen atoms in total. The van der Waals surface area contributed by atoms with Gasteiger partial charge in [0.15, 0.2) is 0 Å². The molecule has 1 heterocycles. The number of nitrogens with zero attached hydrogens (tertiary/aromatic N) is 1. The molecule has 0 radical (unpaired) electrons. The average molecular weight is 290 g/mol. The molecule has 1 aliphatic carbocycles. The summed E-state index contributed by atoms with van der Waals surface area (Å²) in [5, 5.41) is 21.0. The van der Waals surface area contributed by atoms with E-state index in [9.17, 15) is 18.7 Å². The fourth-order valence-corrected chi connectivity index (χ4v) is 3.51. The van der Waals surface area contributed by atoms with E-state index in [2.05, 4.69) is 5.32 Å². The number of alkyl halides is 2. The van der Waals surface area contributed by atoms with E-state index in [4.69, 9.17) is 5.26 Å². The van der Waals surface area contributed by atoms with Crippen LogP contribution in [0.5, 0.6) is 0 Å². The number of halogens is 2. The highest BCUT2D eigenvalue weighted by molar-refractivity contribution is 7.99. The second kappa shape index (κ2) is 4.91. The molecule has 0 unspecified atom stereocenters. The number of nitriles is 1. The van der Waals surface area contributed by atoms with Crippen molar-refractivity contribution in [1.29, 1.82) is 5.26 Å². The van der Waals surface area contributed by atoms with Crippen LogP contribution < -0.4 is 5.32 Å². The van der Waals surface area contributed by atoms with Crippen molar-refractivity contribution in [2.24, 2.45) is 0 Å².